The van der Waals surface area contributed by atoms with E-state index in [-0.39, 0.29) is 17.8 Å². The van der Waals surface area contributed by atoms with Gasteiger partial charge in [-0.1, -0.05) is 56.3 Å². The molecule has 0 bridgehead atoms. The van der Waals surface area contributed by atoms with Gasteiger partial charge in [-0.15, -0.1) is 0 Å². The Labute approximate surface area is 166 Å². The van der Waals surface area contributed by atoms with Crippen LogP contribution in [0.5, 0.6) is 11.5 Å². The third-order valence-electron chi connectivity index (χ3n) is 5.85. The van der Waals surface area contributed by atoms with Crippen LogP contribution in [0.25, 0.3) is 11.1 Å². The van der Waals surface area contributed by atoms with Crippen molar-refractivity contribution in [2.24, 2.45) is 0 Å². The van der Waals surface area contributed by atoms with Gasteiger partial charge in [0.2, 0.25) is 0 Å². The summed E-state index contributed by atoms with van der Waals surface area (Å²) in [5.41, 5.74) is 4.78. The molecule has 0 aliphatic carbocycles. The molecule has 0 spiro atoms. The Balaban J connectivity index is 1.92. The number of aliphatic hydroxyl groups excluding tert-OH is 1. The van der Waals surface area contributed by atoms with Crippen molar-refractivity contribution in [3.05, 3.63) is 82.9 Å². The van der Waals surface area contributed by atoms with Crippen LogP contribution in [-0.2, 0) is 17.6 Å². The summed E-state index contributed by atoms with van der Waals surface area (Å²) in [6, 6.07) is 20.0. The minimum Gasteiger partial charge on any atom is -0.507 e. The number of ether oxygens (including phenoxy) is 1. The van der Waals surface area contributed by atoms with Crippen LogP contribution in [0.1, 0.15) is 49.9 Å². The fourth-order valence-electron chi connectivity index (χ4n) is 4.09. The molecule has 0 atom stereocenters. The van der Waals surface area contributed by atoms with E-state index in [0.717, 1.165) is 22.3 Å². The molecule has 1 aliphatic heterocycles. The Kier molecular flexibility index (Phi) is 4.24. The van der Waals surface area contributed by atoms with Crippen molar-refractivity contribution in [1.82, 2.24) is 0 Å². The molecule has 0 aromatic heterocycles. The van der Waals surface area contributed by atoms with Crippen molar-refractivity contribution in [2.75, 3.05) is 0 Å². The minimum absolute atomic E-state index is 0.0379. The van der Waals surface area contributed by atoms with Crippen molar-refractivity contribution >= 4 is 0 Å². The Morgan fingerprint density at radius 3 is 2.32 bits per heavy atom. The molecule has 3 aromatic rings. The number of hydrogen-bond acceptors (Lipinski definition) is 3. The molecule has 3 heteroatoms. The maximum Gasteiger partial charge on any atom is 0.132 e. The van der Waals surface area contributed by atoms with Crippen LogP contribution >= 0.6 is 0 Å². The molecule has 0 amide bonds. The van der Waals surface area contributed by atoms with Gasteiger partial charge in [0.05, 0.1) is 12.2 Å². The molecule has 0 radical (unpaired) electrons. The lowest BCUT2D eigenvalue weighted by Crippen LogP contribution is -2.30. The van der Waals surface area contributed by atoms with Crippen LogP contribution in [0.4, 0.5) is 0 Å². The molecule has 0 saturated heterocycles. The van der Waals surface area contributed by atoms with Gasteiger partial charge in [0.1, 0.15) is 17.1 Å². The van der Waals surface area contributed by atoms with Gasteiger partial charge in [0.15, 0.2) is 0 Å². The average Bonchev–Trinajstić information content (AvgIpc) is 2.67. The Morgan fingerprint density at radius 1 is 0.929 bits per heavy atom. The van der Waals surface area contributed by atoms with E-state index in [1.807, 2.05) is 62.4 Å². The quantitative estimate of drug-likeness (QED) is 0.636. The summed E-state index contributed by atoms with van der Waals surface area (Å²) in [7, 11) is 0. The fourth-order valence-corrected chi connectivity index (χ4v) is 4.09. The lowest BCUT2D eigenvalue weighted by Gasteiger charge is -2.37. The molecule has 0 fully saturated rings. The number of benzene rings is 3. The third kappa shape index (κ3) is 2.87. The highest BCUT2D eigenvalue weighted by molar-refractivity contribution is 5.82. The second kappa shape index (κ2) is 6.39. The Bertz CT molecular complexity index is 1030. The largest absolute Gasteiger partial charge is 0.507 e. The number of fused-ring (bicyclic) bond motifs is 3. The van der Waals surface area contributed by atoms with Gasteiger partial charge < -0.3 is 14.9 Å². The van der Waals surface area contributed by atoms with Crippen LogP contribution in [0.3, 0.4) is 0 Å². The molecule has 1 heterocycles. The lowest BCUT2D eigenvalue weighted by molar-refractivity contribution is 0.105. The summed E-state index contributed by atoms with van der Waals surface area (Å²) in [6.45, 7) is 8.31. The smallest absolute Gasteiger partial charge is 0.132 e. The lowest BCUT2D eigenvalue weighted by atomic mass is 9.76. The van der Waals surface area contributed by atoms with Gasteiger partial charge in [0.25, 0.3) is 0 Å². The number of aliphatic hydroxyl groups is 1. The van der Waals surface area contributed by atoms with Gasteiger partial charge in [0, 0.05) is 11.0 Å². The van der Waals surface area contributed by atoms with Crippen molar-refractivity contribution in [1.29, 1.82) is 0 Å². The summed E-state index contributed by atoms with van der Waals surface area (Å²) in [5.74, 6) is 0.870. The summed E-state index contributed by atoms with van der Waals surface area (Å²) in [6.07, 6.45) is 0. The topological polar surface area (TPSA) is 49.7 Å². The van der Waals surface area contributed by atoms with Gasteiger partial charge >= 0.3 is 0 Å². The predicted molar refractivity (Wildman–Crippen MR) is 112 cm³/mol. The predicted octanol–water partition coefficient (Wildman–Crippen LogP) is 5.50. The first kappa shape index (κ1) is 18.6. The second-order valence-electron chi connectivity index (χ2n) is 8.51. The average molecular weight is 374 g/mol. The third-order valence-corrected chi connectivity index (χ3v) is 5.85. The van der Waals surface area contributed by atoms with E-state index >= 15 is 0 Å². The highest BCUT2D eigenvalue weighted by atomic mass is 16.5. The monoisotopic (exact) mass is 374 g/mol. The normalized spacial score (nSPS) is 14.8. The zero-order chi connectivity index (χ0) is 20.1. The van der Waals surface area contributed by atoms with Gasteiger partial charge in [-0.3, -0.25) is 0 Å². The van der Waals surface area contributed by atoms with Crippen molar-refractivity contribution in [3.63, 3.8) is 0 Å². The van der Waals surface area contributed by atoms with Crippen LogP contribution in [-0.4, -0.2) is 10.2 Å². The highest BCUT2D eigenvalue weighted by Gasteiger charge is 2.36. The van der Waals surface area contributed by atoms with E-state index in [2.05, 4.69) is 26.0 Å². The van der Waals surface area contributed by atoms with E-state index in [9.17, 15) is 10.2 Å². The first-order chi connectivity index (χ1) is 13.2. The summed E-state index contributed by atoms with van der Waals surface area (Å²) < 4.78 is 6.35. The maximum absolute atomic E-state index is 11.0. The Hall–Kier alpha value is -2.78. The SMILES string of the molecule is CC1(C)Oc2cc(C(C)(C)c3ccccc3)cc(O)c2-c2cc(CO)ccc21. The van der Waals surface area contributed by atoms with Crippen LogP contribution in [0.15, 0.2) is 60.7 Å². The maximum atomic E-state index is 11.0. The van der Waals surface area contributed by atoms with E-state index < -0.39 is 5.60 Å². The van der Waals surface area contributed by atoms with Gasteiger partial charge in [-0.25, -0.2) is 0 Å². The molecule has 3 aromatic carbocycles. The second-order valence-corrected chi connectivity index (χ2v) is 8.51. The highest BCUT2D eigenvalue weighted by Crippen LogP contribution is 2.51. The summed E-state index contributed by atoms with van der Waals surface area (Å²) in [5, 5.41) is 20.6. The molecule has 3 nitrogen and oxygen atoms in total. The molecule has 0 saturated carbocycles. The minimum atomic E-state index is -0.529. The number of phenols is 1. The molecule has 28 heavy (non-hydrogen) atoms. The number of rotatable bonds is 3. The first-order valence-corrected chi connectivity index (χ1v) is 9.61. The van der Waals surface area contributed by atoms with E-state index in [1.165, 1.54) is 5.56 Å². The van der Waals surface area contributed by atoms with Crippen molar-refractivity contribution in [3.8, 4) is 22.6 Å². The molecule has 4 rings (SSSR count). The molecular weight excluding hydrogens is 348 g/mol. The van der Waals surface area contributed by atoms with Crippen LogP contribution in [0.2, 0.25) is 0 Å². The zero-order valence-corrected chi connectivity index (χ0v) is 16.8. The molecule has 144 valence electrons. The number of aromatic hydroxyl groups is 1. The van der Waals surface area contributed by atoms with Crippen molar-refractivity contribution in [2.45, 2.75) is 45.3 Å². The number of phenolic OH excluding ortho intramolecular Hbond substituents is 1. The number of hydrogen-bond donors (Lipinski definition) is 2. The fraction of sp³-hybridized carbons (Fsp3) is 0.280. The van der Waals surface area contributed by atoms with Gasteiger partial charge in [-0.2, -0.15) is 0 Å². The van der Waals surface area contributed by atoms with E-state index in [1.54, 1.807) is 0 Å². The van der Waals surface area contributed by atoms with Gasteiger partial charge in [-0.05, 0) is 54.3 Å². The summed E-state index contributed by atoms with van der Waals surface area (Å²) in [4.78, 5) is 0. The standard InChI is InChI=1S/C25H26O3/c1-24(2,17-8-6-5-7-9-17)18-13-21(27)23-19-12-16(15-26)10-11-20(19)25(3,4)28-22(23)14-18/h5-14,26-27H,15H2,1-4H3. The molecule has 0 unspecified atom stereocenters. The van der Waals surface area contributed by atoms with E-state index in [0.29, 0.717) is 11.3 Å². The molecule has 1 aliphatic rings. The summed E-state index contributed by atoms with van der Waals surface area (Å²) >= 11 is 0. The molecular formula is C25H26O3. The van der Waals surface area contributed by atoms with Crippen LogP contribution < -0.4 is 4.74 Å². The van der Waals surface area contributed by atoms with Crippen molar-refractivity contribution < 1.29 is 14.9 Å². The Morgan fingerprint density at radius 2 is 1.64 bits per heavy atom. The molecule has 2 N–H and O–H groups in total. The zero-order valence-electron chi connectivity index (χ0n) is 16.8. The first-order valence-electron chi connectivity index (χ1n) is 9.61. The van der Waals surface area contributed by atoms with Crippen LogP contribution in [0, 0.1) is 0 Å². The van der Waals surface area contributed by atoms with E-state index in [4.69, 9.17) is 4.74 Å².